The quantitative estimate of drug-likeness (QED) is 0.810. The minimum Gasteiger partial charge on any atom is -0.371 e. The van der Waals surface area contributed by atoms with E-state index >= 15 is 0 Å². The summed E-state index contributed by atoms with van der Waals surface area (Å²) < 4.78 is 6.22. The molecule has 1 saturated heterocycles. The van der Waals surface area contributed by atoms with Gasteiger partial charge in [-0.15, -0.1) is 0 Å². The smallest absolute Gasteiger partial charge is 0.222 e. The standard InChI is InChI=1S/C21H26N2O2/c1-2-21(24)23-13-11-20(25-16-19-10-6-7-12-22-19)18(15-23)14-17-8-4-3-5-9-17/h3-10,12,18,20H,2,11,13-16H2,1H3/t18-,20+/m0/s1. The monoisotopic (exact) mass is 338 g/mol. The van der Waals surface area contributed by atoms with Crippen LogP contribution in [0.5, 0.6) is 0 Å². The summed E-state index contributed by atoms with van der Waals surface area (Å²) in [5.41, 5.74) is 2.25. The van der Waals surface area contributed by atoms with Gasteiger partial charge in [0.25, 0.3) is 0 Å². The Balaban J connectivity index is 1.67. The molecule has 25 heavy (non-hydrogen) atoms. The average Bonchev–Trinajstić information content (AvgIpc) is 2.68. The van der Waals surface area contributed by atoms with Gasteiger partial charge in [0.1, 0.15) is 0 Å². The highest BCUT2D eigenvalue weighted by Crippen LogP contribution is 2.25. The fraction of sp³-hybridized carbons (Fsp3) is 0.429. The van der Waals surface area contributed by atoms with E-state index in [1.54, 1.807) is 6.20 Å². The first-order valence-corrected chi connectivity index (χ1v) is 9.09. The first-order chi connectivity index (χ1) is 12.3. The number of amides is 1. The van der Waals surface area contributed by atoms with Crippen molar-refractivity contribution >= 4 is 5.91 Å². The van der Waals surface area contributed by atoms with E-state index in [9.17, 15) is 4.79 Å². The van der Waals surface area contributed by atoms with E-state index in [2.05, 4.69) is 29.2 Å². The molecule has 0 spiro atoms. The van der Waals surface area contributed by atoms with Gasteiger partial charge in [-0.05, 0) is 30.5 Å². The van der Waals surface area contributed by atoms with Gasteiger partial charge in [-0.25, -0.2) is 0 Å². The van der Waals surface area contributed by atoms with Crippen molar-refractivity contribution in [1.29, 1.82) is 0 Å². The van der Waals surface area contributed by atoms with E-state index in [-0.39, 0.29) is 12.0 Å². The zero-order chi connectivity index (χ0) is 17.5. The molecule has 2 heterocycles. The van der Waals surface area contributed by atoms with Crippen LogP contribution >= 0.6 is 0 Å². The van der Waals surface area contributed by atoms with Crippen LogP contribution in [0.2, 0.25) is 0 Å². The maximum atomic E-state index is 12.1. The van der Waals surface area contributed by atoms with Crippen molar-refractivity contribution in [3.8, 4) is 0 Å². The number of aromatic nitrogens is 1. The van der Waals surface area contributed by atoms with Crippen LogP contribution in [0.4, 0.5) is 0 Å². The van der Waals surface area contributed by atoms with Crippen LogP contribution in [-0.2, 0) is 22.6 Å². The zero-order valence-electron chi connectivity index (χ0n) is 14.8. The highest BCUT2D eigenvalue weighted by atomic mass is 16.5. The number of carbonyl (C=O) groups is 1. The summed E-state index contributed by atoms with van der Waals surface area (Å²) in [6.45, 7) is 4.01. The molecular formula is C21H26N2O2. The van der Waals surface area contributed by atoms with Crippen molar-refractivity contribution in [2.45, 2.75) is 38.9 Å². The molecule has 4 heteroatoms. The van der Waals surface area contributed by atoms with E-state index < -0.39 is 0 Å². The Morgan fingerprint density at radius 1 is 1.20 bits per heavy atom. The van der Waals surface area contributed by atoms with Gasteiger partial charge in [0, 0.05) is 31.6 Å². The lowest BCUT2D eigenvalue weighted by molar-refractivity contribution is -0.136. The minimum atomic E-state index is 0.156. The van der Waals surface area contributed by atoms with E-state index in [4.69, 9.17) is 4.74 Å². The van der Waals surface area contributed by atoms with Gasteiger partial charge in [-0.3, -0.25) is 9.78 Å². The van der Waals surface area contributed by atoms with E-state index in [0.717, 1.165) is 31.6 Å². The predicted octanol–water partition coefficient (Wildman–Crippen LogP) is 3.47. The van der Waals surface area contributed by atoms with Crippen LogP contribution in [-0.4, -0.2) is 35.0 Å². The molecule has 0 unspecified atom stereocenters. The number of hydrogen-bond acceptors (Lipinski definition) is 3. The average molecular weight is 338 g/mol. The Morgan fingerprint density at radius 3 is 2.72 bits per heavy atom. The Bertz CT molecular complexity index is 660. The molecule has 1 aliphatic rings. The molecule has 0 N–H and O–H groups in total. The topological polar surface area (TPSA) is 42.4 Å². The van der Waals surface area contributed by atoms with Gasteiger partial charge in [-0.2, -0.15) is 0 Å². The summed E-state index contributed by atoms with van der Waals surface area (Å²) in [5.74, 6) is 0.552. The van der Waals surface area contributed by atoms with Crippen LogP contribution in [0.15, 0.2) is 54.7 Å². The lowest BCUT2D eigenvalue weighted by Crippen LogP contribution is -2.47. The van der Waals surface area contributed by atoms with Crippen molar-refractivity contribution in [2.75, 3.05) is 13.1 Å². The van der Waals surface area contributed by atoms with Gasteiger partial charge in [0.05, 0.1) is 18.4 Å². The molecule has 1 aliphatic heterocycles. The lowest BCUT2D eigenvalue weighted by atomic mass is 9.88. The van der Waals surface area contributed by atoms with Gasteiger partial charge < -0.3 is 9.64 Å². The fourth-order valence-electron chi connectivity index (χ4n) is 3.47. The highest BCUT2D eigenvalue weighted by Gasteiger charge is 2.31. The molecule has 1 aromatic heterocycles. The van der Waals surface area contributed by atoms with Gasteiger partial charge >= 0.3 is 0 Å². The first kappa shape index (κ1) is 17.6. The van der Waals surface area contributed by atoms with E-state index in [0.29, 0.717) is 18.9 Å². The molecule has 3 rings (SSSR count). The minimum absolute atomic E-state index is 0.156. The largest absolute Gasteiger partial charge is 0.371 e. The molecule has 4 nitrogen and oxygen atoms in total. The summed E-state index contributed by atoms with van der Waals surface area (Å²) >= 11 is 0. The van der Waals surface area contributed by atoms with Crippen molar-refractivity contribution in [3.63, 3.8) is 0 Å². The summed E-state index contributed by atoms with van der Waals surface area (Å²) in [5, 5.41) is 0. The second-order valence-electron chi connectivity index (χ2n) is 6.60. The molecule has 132 valence electrons. The zero-order valence-corrected chi connectivity index (χ0v) is 14.8. The molecule has 1 aromatic carbocycles. The summed E-state index contributed by atoms with van der Waals surface area (Å²) in [6.07, 6.45) is 4.33. The van der Waals surface area contributed by atoms with Crippen molar-refractivity contribution in [3.05, 3.63) is 66.0 Å². The van der Waals surface area contributed by atoms with Crippen molar-refractivity contribution < 1.29 is 9.53 Å². The van der Waals surface area contributed by atoms with E-state index in [1.807, 2.05) is 36.1 Å². The molecule has 2 atom stereocenters. The Morgan fingerprint density at radius 2 is 2.00 bits per heavy atom. The molecule has 0 aliphatic carbocycles. The third-order valence-electron chi connectivity index (χ3n) is 4.83. The Hall–Kier alpha value is -2.20. The van der Waals surface area contributed by atoms with Gasteiger partial charge in [0.15, 0.2) is 0 Å². The summed E-state index contributed by atoms with van der Waals surface area (Å²) in [7, 11) is 0. The van der Waals surface area contributed by atoms with Crippen LogP contribution in [0.1, 0.15) is 31.0 Å². The number of piperidine rings is 1. The number of likely N-dealkylation sites (tertiary alicyclic amines) is 1. The van der Waals surface area contributed by atoms with Gasteiger partial charge in [0.2, 0.25) is 5.91 Å². The number of pyridine rings is 1. The first-order valence-electron chi connectivity index (χ1n) is 9.09. The van der Waals surface area contributed by atoms with E-state index in [1.165, 1.54) is 5.56 Å². The third kappa shape index (κ3) is 4.89. The number of nitrogens with zero attached hydrogens (tertiary/aromatic N) is 2. The molecule has 0 saturated carbocycles. The molecule has 1 fully saturated rings. The maximum Gasteiger partial charge on any atom is 0.222 e. The third-order valence-corrected chi connectivity index (χ3v) is 4.83. The number of ether oxygens (including phenoxy) is 1. The van der Waals surface area contributed by atoms with Crippen LogP contribution < -0.4 is 0 Å². The highest BCUT2D eigenvalue weighted by molar-refractivity contribution is 5.75. The number of carbonyl (C=O) groups excluding carboxylic acids is 1. The number of hydrogen-bond donors (Lipinski definition) is 0. The Kier molecular flexibility index (Phi) is 6.18. The van der Waals surface area contributed by atoms with Crippen LogP contribution in [0.25, 0.3) is 0 Å². The second-order valence-corrected chi connectivity index (χ2v) is 6.60. The number of rotatable bonds is 6. The van der Waals surface area contributed by atoms with Crippen LogP contribution in [0.3, 0.4) is 0 Å². The Labute approximate surface area is 149 Å². The summed E-state index contributed by atoms with van der Waals surface area (Å²) in [6, 6.07) is 16.3. The normalized spacial score (nSPS) is 20.4. The summed E-state index contributed by atoms with van der Waals surface area (Å²) in [4.78, 5) is 18.5. The SMILES string of the molecule is CCC(=O)N1CC[C@@H](OCc2ccccn2)[C@@H](Cc2ccccc2)C1. The molecule has 0 radical (unpaired) electrons. The molecule has 2 aromatic rings. The molecular weight excluding hydrogens is 312 g/mol. The van der Waals surface area contributed by atoms with Crippen LogP contribution in [0, 0.1) is 5.92 Å². The van der Waals surface area contributed by atoms with Crippen molar-refractivity contribution in [1.82, 2.24) is 9.88 Å². The second kappa shape index (κ2) is 8.77. The maximum absolute atomic E-state index is 12.1. The fourth-order valence-corrected chi connectivity index (χ4v) is 3.47. The van der Waals surface area contributed by atoms with Crippen molar-refractivity contribution in [2.24, 2.45) is 5.92 Å². The number of benzene rings is 1. The lowest BCUT2D eigenvalue weighted by Gasteiger charge is -2.38. The molecule has 1 amide bonds. The predicted molar refractivity (Wildman–Crippen MR) is 97.9 cm³/mol. The van der Waals surface area contributed by atoms with Gasteiger partial charge in [-0.1, -0.05) is 43.3 Å². The molecule has 0 bridgehead atoms.